The van der Waals surface area contributed by atoms with Crippen LogP contribution < -0.4 is 0 Å². The third-order valence-electron chi connectivity index (χ3n) is 3.95. The van der Waals surface area contributed by atoms with Gasteiger partial charge in [-0.2, -0.15) is 5.26 Å². The molecular weight excluding hydrogens is 266 g/mol. The number of aliphatic hydroxyl groups is 2. The maximum atomic E-state index is 10.3. The smallest absolute Gasteiger partial charge is 0.0991 e. The van der Waals surface area contributed by atoms with Gasteiger partial charge in [-0.25, -0.2) is 0 Å². The van der Waals surface area contributed by atoms with Crippen molar-refractivity contribution in [3.05, 3.63) is 35.4 Å². The van der Waals surface area contributed by atoms with Crippen molar-refractivity contribution in [3.8, 4) is 6.07 Å². The van der Waals surface area contributed by atoms with Crippen LogP contribution in [0.2, 0.25) is 0 Å². The Kier molecular flexibility index (Phi) is 6.15. The van der Waals surface area contributed by atoms with E-state index in [4.69, 9.17) is 10.4 Å². The van der Waals surface area contributed by atoms with Crippen molar-refractivity contribution in [1.29, 1.82) is 5.26 Å². The van der Waals surface area contributed by atoms with Gasteiger partial charge in [-0.15, -0.1) is 0 Å². The third-order valence-corrected chi connectivity index (χ3v) is 3.95. The fourth-order valence-corrected chi connectivity index (χ4v) is 2.70. The van der Waals surface area contributed by atoms with Gasteiger partial charge in [0.2, 0.25) is 0 Å². The molecule has 1 aliphatic heterocycles. The monoisotopic (exact) mass is 289 g/mol. The van der Waals surface area contributed by atoms with Crippen LogP contribution in [0.3, 0.4) is 0 Å². The van der Waals surface area contributed by atoms with Crippen molar-refractivity contribution in [2.75, 3.05) is 45.9 Å². The van der Waals surface area contributed by atoms with Gasteiger partial charge >= 0.3 is 0 Å². The zero-order valence-electron chi connectivity index (χ0n) is 12.3. The Morgan fingerprint density at radius 3 is 2.43 bits per heavy atom. The van der Waals surface area contributed by atoms with E-state index in [0.717, 1.165) is 44.7 Å². The SMILES string of the molecule is N#Cc1ccc(C(O)CN2CCCN(CCO)CC2)cc1. The molecule has 0 amide bonds. The van der Waals surface area contributed by atoms with Crippen LogP contribution in [0.25, 0.3) is 0 Å². The van der Waals surface area contributed by atoms with Crippen LogP contribution in [-0.2, 0) is 0 Å². The Labute approximate surface area is 126 Å². The van der Waals surface area contributed by atoms with Crippen molar-refractivity contribution in [1.82, 2.24) is 9.80 Å². The number of rotatable bonds is 5. The summed E-state index contributed by atoms with van der Waals surface area (Å²) in [5, 5.41) is 28.1. The lowest BCUT2D eigenvalue weighted by Crippen LogP contribution is -2.34. The average molecular weight is 289 g/mol. The second-order valence-corrected chi connectivity index (χ2v) is 5.47. The zero-order valence-corrected chi connectivity index (χ0v) is 12.3. The van der Waals surface area contributed by atoms with E-state index in [1.54, 1.807) is 12.1 Å². The van der Waals surface area contributed by atoms with E-state index in [0.29, 0.717) is 12.1 Å². The van der Waals surface area contributed by atoms with Crippen molar-refractivity contribution in [3.63, 3.8) is 0 Å². The van der Waals surface area contributed by atoms with Gasteiger partial charge in [-0.05, 0) is 37.2 Å². The van der Waals surface area contributed by atoms with Crippen LogP contribution in [0.4, 0.5) is 0 Å². The average Bonchev–Trinajstić information content (AvgIpc) is 2.73. The van der Waals surface area contributed by atoms with Gasteiger partial charge in [0, 0.05) is 26.2 Å². The predicted molar refractivity (Wildman–Crippen MR) is 80.7 cm³/mol. The summed E-state index contributed by atoms with van der Waals surface area (Å²) in [5.74, 6) is 0. The number of nitrogens with zero attached hydrogens (tertiary/aromatic N) is 3. The first-order chi connectivity index (χ1) is 10.2. The highest BCUT2D eigenvalue weighted by Crippen LogP contribution is 2.16. The molecule has 1 unspecified atom stereocenters. The Morgan fingerprint density at radius 1 is 1.10 bits per heavy atom. The number of β-amino-alcohol motifs (C(OH)–C–C–N with tert-alkyl or cyclic N) is 2. The summed E-state index contributed by atoms with van der Waals surface area (Å²) < 4.78 is 0. The maximum absolute atomic E-state index is 10.3. The Hall–Kier alpha value is -1.45. The second-order valence-electron chi connectivity index (χ2n) is 5.47. The predicted octanol–water partition coefficient (Wildman–Crippen LogP) is 0.592. The first kappa shape index (κ1) is 15.9. The topological polar surface area (TPSA) is 70.7 Å². The summed E-state index contributed by atoms with van der Waals surface area (Å²) in [5.41, 5.74) is 1.46. The highest BCUT2D eigenvalue weighted by Gasteiger charge is 2.17. The zero-order chi connectivity index (χ0) is 15.1. The number of nitriles is 1. The Morgan fingerprint density at radius 2 is 1.76 bits per heavy atom. The van der Waals surface area contributed by atoms with E-state index >= 15 is 0 Å². The Bertz CT molecular complexity index is 469. The lowest BCUT2D eigenvalue weighted by Gasteiger charge is -2.24. The molecule has 2 rings (SSSR count). The minimum Gasteiger partial charge on any atom is -0.395 e. The first-order valence-electron chi connectivity index (χ1n) is 7.46. The standard InChI is InChI=1S/C16H23N3O2/c17-12-14-2-4-15(5-3-14)16(21)13-19-7-1-6-18(8-9-19)10-11-20/h2-5,16,20-21H,1,6-11,13H2. The van der Waals surface area contributed by atoms with E-state index in [2.05, 4.69) is 15.9 Å². The quantitative estimate of drug-likeness (QED) is 0.830. The van der Waals surface area contributed by atoms with E-state index in [9.17, 15) is 5.11 Å². The largest absolute Gasteiger partial charge is 0.395 e. The van der Waals surface area contributed by atoms with Crippen molar-refractivity contribution in [2.24, 2.45) is 0 Å². The lowest BCUT2D eigenvalue weighted by atomic mass is 10.1. The number of benzene rings is 1. The molecule has 21 heavy (non-hydrogen) atoms. The van der Waals surface area contributed by atoms with Crippen LogP contribution in [0, 0.1) is 11.3 Å². The van der Waals surface area contributed by atoms with Gasteiger partial charge in [0.1, 0.15) is 0 Å². The molecule has 114 valence electrons. The molecule has 1 atom stereocenters. The molecule has 1 aromatic carbocycles. The molecule has 1 aromatic rings. The van der Waals surface area contributed by atoms with Gasteiger partial charge in [0.25, 0.3) is 0 Å². The second kappa shape index (κ2) is 8.11. The molecule has 0 radical (unpaired) electrons. The van der Waals surface area contributed by atoms with E-state index < -0.39 is 6.10 Å². The molecule has 2 N–H and O–H groups in total. The fourth-order valence-electron chi connectivity index (χ4n) is 2.70. The molecule has 0 aromatic heterocycles. The number of hydrogen-bond donors (Lipinski definition) is 2. The molecule has 5 heteroatoms. The summed E-state index contributed by atoms with van der Waals surface area (Å²) in [6.45, 7) is 5.35. The van der Waals surface area contributed by atoms with E-state index in [1.807, 2.05) is 12.1 Å². The fraction of sp³-hybridized carbons (Fsp3) is 0.562. The molecule has 1 saturated heterocycles. The number of aliphatic hydroxyl groups excluding tert-OH is 2. The van der Waals surface area contributed by atoms with Crippen molar-refractivity contribution < 1.29 is 10.2 Å². The van der Waals surface area contributed by atoms with Crippen LogP contribution >= 0.6 is 0 Å². The molecule has 5 nitrogen and oxygen atoms in total. The summed E-state index contributed by atoms with van der Waals surface area (Å²) in [6, 6.07) is 9.20. The van der Waals surface area contributed by atoms with Gasteiger partial charge in [-0.3, -0.25) is 9.80 Å². The normalized spacial score (nSPS) is 18.9. The van der Waals surface area contributed by atoms with Crippen LogP contribution in [0.5, 0.6) is 0 Å². The first-order valence-corrected chi connectivity index (χ1v) is 7.46. The van der Waals surface area contributed by atoms with Crippen LogP contribution in [0.15, 0.2) is 24.3 Å². The highest BCUT2D eigenvalue weighted by atomic mass is 16.3. The molecular formula is C16H23N3O2. The Balaban J connectivity index is 1.87. The molecule has 1 aliphatic rings. The highest BCUT2D eigenvalue weighted by molar-refractivity contribution is 5.32. The summed E-state index contributed by atoms with van der Waals surface area (Å²) in [6.07, 6.45) is 0.530. The summed E-state index contributed by atoms with van der Waals surface area (Å²) in [7, 11) is 0. The van der Waals surface area contributed by atoms with Gasteiger partial charge < -0.3 is 10.2 Å². The van der Waals surface area contributed by atoms with Gasteiger partial charge in [0.05, 0.1) is 24.3 Å². The lowest BCUT2D eigenvalue weighted by molar-refractivity contribution is 0.114. The molecule has 0 bridgehead atoms. The van der Waals surface area contributed by atoms with E-state index in [1.165, 1.54) is 0 Å². The number of hydrogen-bond acceptors (Lipinski definition) is 5. The van der Waals surface area contributed by atoms with Crippen molar-refractivity contribution in [2.45, 2.75) is 12.5 Å². The van der Waals surface area contributed by atoms with Gasteiger partial charge in [0.15, 0.2) is 0 Å². The van der Waals surface area contributed by atoms with Gasteiger partial charge in [-0.1, -0.05) is 12.1 Å². The maximum Gasteiger partial charge on any atom is 0.0991 e. The summed E-state index contributed by atoms with van der Waals surface area (Å²) >= 11 is 0. The van der Waals surface area contributed by atoms with Crippen LogP contribution in [0.1, 0.15) is 23.7 Å². The third kappa shape index (κ3) is 4.80. The molecule has 1 heterocycles. The molecule has 0 aliphatic carbocycles. The minimum atomic E-state index is -0.526. The summed E-state index contributed by atoms with van der Waals surface area (Å²) in [4.78, 5) is 4.52. The van der Waals surface area contributed by atoms with Crippen LogP contribution in [-0.4, -0.2) is 65.9 Å². The van der Waals surface area contributed by atoms with E-state index in [-0.39, 0.29) is 6.61 Å². The molecule has 0 spiro atoms. The van der Waals surface area contributed by atoms with Crippen molar-refractivity contribution >= 4 is 0 Å². The molecule has 0 saturated carbocycles. The minimum absolute atomic E-state index is 0.202. The molecule has 1 fully saturated rings.